The first-order chi connectivity index (χ1) is 12.5. The van der Waals surface area contributed by atoms with Gasteiger partial charge in [-0.2, -0.15) is 0 Å². The zero-order valence-corrected chi connectivity index (χ0v) is 15.4. The molecule has 0 bridgehead atoms. The maximum atomic E-state index is 11.5. The predicted octanol–water partition coefficient (Wildman–Crippen LogP) is 4.41. The lowest BCUT2D eigenvalue weighted by molar-refractivity contribution is 0.187. The molecular weight excluding hydrogens is 330 g/mol. The van der Waals surface area contributed by atoms with Crippen molar-refractivity contribution in [3.63, 3.8) is 0 Å². The number of aryl methyl sites for hydroxylation is 2. The van der Waals surface area contributed by atoms with Crippen molar-refractivity contribution in [3.05, 3.63) is 42.0 Å². The van der Waals surface area contributed by atoms with Crippen LogP contribution in [0, 0.1) is 6.92 Å². The number of rotatable bonds is 4. The van der Waals surface area contributed by atoms with Crippen molar-refractivity contribution in [1.82, 2.24) is 4.57 Å². The predicted molar refractivity (Wildman–Crippen MR) is 105 cm³/mol. The number of benzene rings is 2. The van der Waals surface area contributed by atoms with Crippen LogP contribution in [0.3, 0.4) is 0 Å². The fraction of sp³-hybridized carbons (Fsp3) is 0.250. The molecule has 0 saturated heterocycles. The molecule has 2 aromatic carbocycles. The van der Waals surface area contributed by atoms with Crippen LogP contribution in [0.2, 0.25) is 0 Å². The third kappa shape index (κ3) is 2.94. The highest BCUT2D eigenvalue weighted by Gasteiger charge is 2.17. The first kappa shape index (κ1) is 17.7. The van der Waals surface area contributed by atoms with Crippen molar-refractivity contribution in [2.24, 2.45) is 0 Å². The zero-order valence-electron chi connectivity index (χ0n) is 15.4. The highest BCUT2D eigenvalue weighted by atomic mass is 16.5. The van der Waals surface area contributed by atoms with E-state index in [4.69, 9.17) is 10.5 Å². The molecule has 3 aromatic rings. The average molecular weight is 353 g/mol. The van der Waals surface area contributed by atoms with E-state index in [0.717, 1.165) is 45.7 Å². The van der Waals surface area contributed by atoms with Gasteiger partial charge in [0.15, 0.2) is 0 Å². The number of hydrogen-bond donors (Lipinski definition) is 2. The van der Waals surface area contributed by atoms with E-state index in [1.807, 2.05) is 43.3 Å². The van der Waals surface area contributed by atoms with Crippen molar-refractivity contribution >= 4 is 28.4 Å². The van der Waals surface area contributed by atoms with Gasteiger partial charge >= 0.3 is 6.09 Å². The number of nitrogen functional groups attached to an aromatic ring is 1. The van der Waals surface area contributed by atoms with Gasteiger partial charge in [0.1, 0.15) is 5.75 Å². The molecule has 0 saturated carbocycles. The summed E-state index contributed by atoms with van der Waals surface area (Å²) in [6.45, 7) is 4.80. The van der Waals surface area contributed by atoms with Crippen LogP contribution < -0.4 is 15.8 Å². The second kappa shape index (κ2) is 7.00. The molecule has 3 rings (SSSR count). The molecule has 0 aliphatic carbocycles. The normalized spacial score (nSPS) is 10.8. The van der Waals surface area contributed by atoms with E-state index in [2.05, 4.69) is 21.5 Å². The number of hydrogen-bond acceptors (Lipinski definition) is 4. The van der Waals surface area contributed by atoms with Crippen molar-refractivity contribution < 1.29 is 14.3 Å². The lowest BCUT2D eigenvalue weighted by Gasteiger charge is -2.12. The molecular formula is C20H23N3O3. The molecule has 6 heteroatoms. The molecule has 0 unspecified atom stereocenters. The van der Waals surface area contributed by atoms with E-state index in [1.165, 1.54) is 7.11 Å². The molecule has 0 aliphatic rings. The summed E-state index contributed by atoms with van der Waals surface area (Å²) in [4.78, 5) is 11.5. The highest BCUT2D eigenvalue weighted by molar-refractivity contribution is 6.01. The standard InChI is InChI=1S/C20H23N3O3/c1-5-23-17-11-14(25-3)7-8-15(17)18(21)19(23)13-6-9-16(12(2)10-13)22-20(24)26-4/h6-11H,5,21H2,1-4H3,(H,22,24). The Bertz CT molecular complexity index is 976. The van der Waals surface area contributed by atoms with Crippen LogP contribution in [0.15, 0.2) is 36.4 Å². The summed E-state index contributed by atoms with van der Waals surface area (Å²) in [7, 11) is 2.99. The Morgan fingerprint density at radius 3 is 2.58 bits per heavy atom. The first-order valence-corrected chi connectivity index (χ1v) is 8.41. The monoisotopic (exact) mass is 353 g/mol. The number of nitrogens with two attached hydrogens (primary N) is 1. The van der Waals surface area contributed by atoms with Crippen LogP contribution in [-0.4, -0.2) is 24.9 Å². The number of nitrogens with zero attached hydrogens (tertiary/aromatic N) is 1. The van der Waals surface area contributed by atoms with Gasteiger partial charge in [-0.1, -0.05) is 6.07 Å². The molecule has 0 spiro atoms. The van der Waals surface area contributed by atoms with Crippen LogP contribution in [0.25, 0.3) is 22.2 Å². The lowest BCUT2D eigenvalue weighted by Crippen LogP contribution is -2.11. The Kier molecular flexibility index (Phi) is 4.75. The summed E-state index contributed by atoms with van der Waals surface area (Å²) in [6, 6.07) is 11.7. The molecule has 6 nitrogen and oxygen atoms in total. The SMILES string of the molecule is CCn1c(-c2ccc(NC(=O)OC)c(C)c2)c(N)c2ccc(OC)cc21. The molecule has 3 N–H and O–H groups in total. The molecule has 0 atom stereocenters. The fourth-order valence-corrected chi connectivity index (χ4v) is 3.23. The van der Waals surface area contributed by atoms with Gasteiger partial charge in [0.2, 0.25) is 0 Å². The number of carbonyl (C=O) groups excluding carboxylic acids is 1. The molecule has 1 aromatic heterocycles. The number of fused-ring (bicyclic) bond motifs is 1. The third-order valence-electron chi connectivity index (χ3n) is 4.55. The van der Waals surface area contributed by atoms with E-state index in [0.29, 0.717) is 5.69 Å². The van der Waals surface area contributed by atoms with Gasteiger partial charge in [0.05, 0.1) is 31.1 Å². The summed E-state index contributed by atoms with van der Waals surface area (Å²) in [5, 5.41) is 3.70. The summed E-state index contributed by atoms with van der Waals surface area (Å²) >= 11 is 0. The Morgan fingerprint density at radius 1 is 1.19 bits per heavy atom. The number of amides is 1. The summed E-state index contributed by atoms with van der Waals surface area (Å²) in [5.41, 5.74) is 11.8. The van der Waals surface area contributed by atoms with Crippen LogP contribution in [-0.2, 0) is 11.3 Å². The minimum atomic E-state index is -0.491. The Hall–Kier alpha value is -3.15. The third-order valence-corrected chi connectivity index (χ3v) is 4.55. The van der Waals surface area contributed by atoms with Crippen LogP contribution in [0.1, 0.15) is 12.5 Å². The van der Waals surface area contributed by atoms with Crippen LogP contribution in [0.4, 0.5) is 16.2 Å². The minimum absolute atomic E-state index is 0.491. The second-order valence-electron chi connectivity index (χ2n) is 6.04. The Labute approximate surface area is 152 Å². The van der Waals surface area contributed by atoms with E-state index >= 15 is 0 Å². The summed E-state index contributed by atoms with van der Waals surface area (Å²) in [5.74, 6) is 0.796. The molecule has 0 radical (unpaired) electrons. The summed E-state index contributed by atoms with van der Waals surface area (Å²) < 4.78 is 12.2. The number of aromatic nitrogens is 1. The molecule has 136 valence electrons. The van der Waals surface area contributed by atoms with Gasteiger partial charge in [0, 0.05) is 29.2 Å². The van der Waals surface area contributed by atoms with Gasteiger partial charge < -0.3 is 19.8 Å². The van der Waals surface area contributed by atoms with Crippen molar-refractivity contribution in [1.29, 1.82) is 0 Å². The minimum Gasteiger partial charge on any atom is -0.497 e. The van der Waals surface area contributed by atoms with Crippen molar-refractivity contribution in [3.8, 4) is 17.0 Å². The summed E-state index contributed by atoms with van der Waals surface area (Å²) in [6.07, 6.45) is -0.491. The van der Waals surface area contributed by atoms with Gasteiger partial charge in [-0.15, -0.1) is 0 Å². The molecule has 1 amide bonds. The quantitative estimate of drug-likeness (QED) is 0.728. The van der Waals surface area contributed by atoms with Crippen LogP contribution >= 0.6 is 0 Å². The van der Waals surface area contributed by atoms with Gasteiger partial charge in [-0.25, -0.2) is 4.79 Å². The smallest absolute Gasteiger partial charge is 0.411 e. The molecule has 26 heavy (non-hydrogen) atoms. The molecule has 0 fully saturated rings. The first-order valence-electron chi connectivity index (χ1n) is 8.41. The Morgan fingerprint density at radius 2 is 1.96 bits per heavy atom. The topological polar surface area (TPSA) is 78.5 Å². The highest BCUT2D eigenvalue weighted by Crippen LogP contribution is 2.38. The Balaban J connectivity index is 2.14. The van der Waals surface area contributed by atoms with Crippen molar-refractivity contribution in [2.45, 2.75) is 20.4 Å². The van der Waals surface area contributed by atoms with E-state index in [9.17, 15) is 4.79 Å². The largest absolute Gasteiger partial charge is 0.497 e. The van der Waals surface area contributed by atoms with Crippen molar-refractivity contribution in [2.75, 3.05) is 25.3 Å². The van der Waals surface area contributed by atoms with Gasteiger partial charge in [-0.05, 0) is 43.7 Å². The maximum absolute atomic E-state index is 11.5. The fourth-order valence-electron chi connectivity index (χ4n) is 3.23. The van der Waals surface area contributed by atoms with Crippen LogP contribution in [0.5, 0.6) is 5.75 Å². The number of nitrogens with one attached hydrogen (secondary N) is 1. The molecule has 0 aliphatic heterocycles. The van der Waals surface area contributed by atoms with Gasteiger partial charge in [0.25, 0.3) is 0 Å². The zero-order chi connectivity index (χ0) is 18.8. The lowest BCUT2D eigenvalue weighted by atomic mass is 10.1. The van der Waals surface area contributed by atoms with E-state index in [-0.39, 0.29) is 0 Å². The average Bonchev–Trinajstić information content (AvgIpc) is 2.94. The number of ether oxygens (including phenoxy) is 2. The van der Waals surface area contributed by atoms with E-state index in [1.54, 1.807) is 7.11 Å². The second-order valence-corrected chi connectivity index (χ2v) is 6.04. The molecule has 1 heterocycles. The number of anilines is 2. The van der Waals surface area contributed by atoms with E-state index < -0.39 is 6.09 Å². The van der Waals surface area contributed by atoms with Gasteiger partial charge in [-0.3, -0.25) is 5.32 Å². The number of carbonyl (C=O) groups is 1. The maximum Gasteiger partial charge on any atom is 0.411 e. The number of methoxy groups -OCH3 is 2.